The number of fused-ring (bicyclic) bond motifs is 1. The monoisotopic (exact) mass is 247 g/mol. The van der Waals surface area contributed by atoms with Gasteiger partial charge in [-0.3, -0.25) is 5.10 Å². The van der Waals surface area contributed by atoms with Crippen molar-refractivity contribution in [1.82, 2.24) is 10.2 Å². The van der Waals surface area contributed by atoms with Crippen LogP contribution in [0.15, 0.2) is 0 Å². The second kappa shape index (κ2) is 4.58. The molecular formula is C11H16F3N3. The number of nitrogens with zero attached hydrogens (tertiary/aromatic N) is 1. The molecule has 3 nitrogen and oxygen atoms in total. The van der Waals surface area contributed by atoms with E-state index in [-0.39, 0.29) is 12.8 Å². The first-order valence-corrected chi connectivity index (χ1v) is 5.89. The quantitative estimate of drug-likeness (QED) is 0.862. The lowest BCUT2D eigenvalue weighted by Crippen LogP contribution is -2.28. The average Bonchev–Trinajstić information content (AvgIpc) is 2.67. The van der Waals surface area contributed by atoms with Gasteiger partial charge in [-0.1, -0.05) is 6.92 Å². The van der Waals surface area contributed by atoms with Gasteiger partial charge < -0.3 is 5.32 Å². The highest BCUT2D eigenvalue weighted by Crippen LogP contribution is 2.38. The van der Waals surface area contributed by atoms with Gasteiger partial charge in [0.1, 0.15) is 0 Å². The molecule has 1 aliphatic carbocycles. The van der Waals surface area contributed by atoms with Gasteiger partial charge in [-0.05, 0) is 25.7 Å². The average molecular weight is 247 g/mol. The maximum atomic E-state index is 12.7. The Balaban J connectivity index is 2.14. The van der Waals surface area contributed by atoms with Crippen molar-refractivity contribution in [2.45, 2.75) is 38.8 Å². The lowest BCUT2D eigenvalue weighted by molar-refractivity contribution is -0.177. The van der Waals surface area contributed by atoms with Gasteiger partial charge in [0.2, 0.25) is 0 Å². The zero-order valence-electron chi connectivity index (χ0n) is 9.69. The Hall–Kier alpha value is -1.20. The smallest absolute Gasteiger partial charge is 0.368 e. The van der Waals surface area contributed by atoms with Crippen molar-refractivity contribution in [3.8, 4) is 0 Å². The van der Waals surface area contributed by atoms with Crippen LogP contribution in [0.2, 0.25) is 0 Å². The van der Waals surface area contributed by atoms with Gasteiger partial charge in [0.25, 0.3) is 0 Å². The number of aromatic amines is 1. The third kappa shape index (κ3) is 2.56. The molecule has 0 amide bonds. The highest BCUT2D eigenvalue weighted by molar-refractivity contribution is 5.47. The number of alkyl halides is 3. The topological polar surface area (TPSA) is 40.7 Å². The number of halogens is 3. The lowest BCUT2D eigenvalue weighted by atomic mass is 9.87. The Morgan fingerprint density at radius 1 is 1.47 bits per heavy atom. The number of hydrogen-bond donors (Lipinski definition) is 2. The second-order valence-electron chi connectivity index (χ2n) is 4.44. The molecule has 1 aliphatic rings. The molecule has 0 saturated carbocycles. The van der Waals surface area contributed by atoms with Crippen molar-refractivity contribution < 1.29 is 13.2 Å². The lowest BCUT2D eigenvalue weighted by Gasteiger charge is -2.24. The molecule has 0 bridgehead atoms. The number of aromatic nitrogens is 2. The fourth-order valence-electron chi connectivity index (χ4n) is 2.16. The van der Waals surface area contributed by atoms with Crippen molar-refractivity contribution in [1.29, 1.82) is 0 Å². The number of rotatable bonds is 3. The van der Waals surface area contributed by atoms with Crippen LogP contribution in [-0.2, 0) is 12.8 Å². The standard InChI is InChI=1S/C11H16F3N3/c1-2-5-15-10-8-6-7(11(12,13)14)3-4-9(8)16-17-10/h7H,2-6H2,1H3,(H2,15,16,17). The molecule has 1 aromatic heterocycles. The summed E-state index contributed by atoms with van der Waals surface area (Å²) in [5.41, 5.74) is 1.57. The van der Waals surface area contributed by atoms with E-state index >= 15 is 0 Å². The van der Waals surface area contributed by atoms with E-state index in [4.69, 9.17) is 0 Å². The number of anilines is 1. The summed E-state index contributed by atoms with van der Waals surface area (Å²) in [6, 6.07) is 0. The minimum Gasteiger partial charge on any atom is -0.368 e. The summed E-state index contributed by atoms with van der Waals surface area (Å²) in [6.07, 6.45) is -2.55. The Morgan fingerprint density at radius 2 is 2.24 bits per heavy atom. The van der Waals surface area contributed by atoms with Crippen LogP contribution in [0.5, 0.6) is 0 Å². The molecule has 0 saturated heterocycles. The summed E-state index contributed by atoms with van der Waals surface area (Å²) in [7, 11) is 0. The van der Waals surface area contributed by atoms with Crippen LogP contribution < -0.4 is 5.32 Å². The molecule has 1 aromatic rings. The molecule has 0 spiro atoms. The molecule has 2 rings (SSSR count). The summed E-state index contributed by atoms with van der Waals surface area (Å²) < 4.78 is 38.0. The van der Waals surface area contributed by atoms with Crippen LogP contribution in [0, 0.1) is 5.92 Å². The maximum Gasteiger partial charge on any atom is 0.392 e. The number of hydrogen-bond acceptors (Lipinski definition) is 2. The first-order chi connectivity index (χ1) is 8.02. The second-order valence-corrected chi connectivity index (χ2v) is 4.44. The zero-order chi connectivity index (χ0) is 12.5. The van der Waals surface area contributed by atoms with Gasteiger partial charge in [-0.15, -0.1) is 0 Å². The fourth-order valence-corrected chi connectivity index (χ4v) is 2.16. The molecule has 1 atom stereocenters. The van der Waals surface area contributed by atoms with E-state index < -0.39 is 12.1 Å². The molecule has 0 fully saturated rings. The van der Waals surface area contributed by atoms with Crippen molar-refractivity contribution >= 4 is 5.82 Å². The molecule has 6 heteroatoms. The zero-order valence-corrected chi connectivity index (χ0v) is 9.69. The third-order valence-electron chi connectivity index (χ3n) is 3.15. The summed E-state index contributed by atoms with van der Waals surface area (Å²) >= 11 is 0. The molecule has 0 aliphatic heterocycles. The number of nitrogens with one attached hydrogen (secondary N) is 2. The van der Waals surface area contributed by atoms with Gasteiger partial charge in [0.15, 0.2) is 5.82 Å². The normalized spacial score (nSPS) is 20.1. The minimum absolute atomic E-state index is 0.0430. The summed E-state index contributed by atoms with van der Waals surface area (Å²) in [4.78, 5) is 0. The predicted octanol–water partition coefficient (Wildman–Crippen LogP) is 2.90. The minimum atomic E-state index is -4.10. The van der Waals surface area contributed by atoms with E-state index in [1.165, 1.54) is 0 Å². The van der Waals surface area contributed by atoms with Gasteiger partial charge in [-0.2, -0.15) is 18.3 Å². The molecule has 0 aromatic carbocycles. The Labute approximate surface area is 97.8 Å². The van der Waals surface area contributed by atoms with Crippen molar-refractivity contribution in [3.63, 3.8) is 0 Å². The van der Waals surface area contributed by atoms with E-state index in [0.717, 1.165) is 18.7 Å². The van der Waals surface area contributed by atoms with E-state index in [9.17, 15) is 13.2 Å². The predicted molar refractivity (Wildman–Crippen MR) is 58.9 cm³/mol. The van der Waals surface area contributed by atoms with Gasteiger partial charge >= 0.3 is 6.18 Å². The van der Waals surface area contributed by atoms with Crippen molar-refractivity contribution in [3.05, 3.63) is 11.3 Å². The Morgan fingerprint density at radius 3 is 2.88 bits per heavy atom. The van der Waals surface area contributed by atoms with Crippen LogP contribution in [0.4, 0.5) is 19.0 Å². The summed E-state index contributed by atoms with van der Waals surface area (Å²) in [5, 5.41) is 9.94. The molecule has 96 valence electrons. The van der Waals surface area contributed by atoms with E-state index in [1.54, 1.807) is 0 Å². The number of H-pyrrole nitrogens is 1. The highest BCUT2D eigenvalue weighted by atomic mass is 19.4. The van der Waals surface area contributed by atoms with Gasteiger partial charge in [0.05, 0.1) is 5.92 Å². The molecule has 1 heterocycles. The van der Waals surface area contributed by atoms with Crippen LogP contribution in [0.1, 0.15) is 31.0 Å². The SMILES string of the molecule is CCCNc1n[nH]c2c1CC(C(F)(F)F)CC2. The van der Waals surface area contributed by atoms with Crippen molar-refractivity contribution in [2.75, 3.05) is 11.9 Å². The largest absolute Gasteiger partial charge is 0.392 e. The molecule has 0 radical (unpaired) electrons. The Kier molecular flexibility index (Phi) is 3.31. The van der Waals surface area contributed by atoms with E-state index in [2.05, 4.69) is 15.5 Å². The molecule has 1 unspecified atom stereocenters. The summed E-state index contributed by atoms with van der Waals surface area (Å²) in [5.74, 6) is -0.634. The molecule has 2 N–H and O–H groups in total. The highest BCUT2D eigenvalue weighted by Gasteiger charge is 2.42. The first-order valence-electron chi connectivity index (χ1n) is 5.89. The van der Waals surface area contributed by atoms with Gasteiger partial charge in [-0.25, -0.2) is 0 Å². The fraction of sp³-hybridized carbons (Fsp3) is 0.727. The van der Waals surface area contributed by atoms with Crippen LogP contribution in [0.25, 0.3) is 0 Å². The van der Waals surface area contributed by atoms with Crippen LogP contribution in [0.3, 0.4) is 0 Å². The summed E-state index contributed by atoms with van der Waals surface area (Å²) in [6.45, 7) is 2.73. The van der Waals surface area contributed by atoms with Gasteiger partial charge in [0, 0.05) is 17.8 Å². The van der Waals surface area contributed by atoms with Crippen molar-refractivity contribution in [2.24, 2.45) is 5.92 Å². The maximum absolute atomic E-state index is 12.7. The van der Waals surface area contributed by atoms with Crippen LogP contribution in [-0.4, -0.2) is 22.9 Å². The molecular weight excluding hydrogens is 231 g/mol. The van der Waals surface area contributed by atoms with E-state index in [0.29, 0.717) is 17.8 Å². The van der Waals surface area contributed by atoms with Crippen LogP contribution >= 0.6 is 0 Å². The number of aryl methyl sites for hydroxylation is 1. The first kappa shape index (κ1) is 12.3. The third-order valence-corrected chi connectivity index (χ3v) is 3.15. The Bertz CT molecular complexity index is 384. The van der Waals surface area contributed by atoms with E-state index in [1.807, 2.05) is 6.92 Å². The molecule has 17 heavy (non-hydrogen) atoms.